The Morgan fingerprint density at radius 1 is 1.26 bits per heavy atom. The molecule has 0 amide bonds. The van der Waals surface area contributed by atoms with Gasteiger partial charge in [-0.15, -0.1) is 0 Å². The van der Waals surface area contributed by atoms with Crippen LogP contribution < -0.4 is 5.32 Å². The Morgan fingerprint density at radius 2 is 1.95 bits per heavy atom. The lowest BCUT2D eigenvalue weighted by atomic mass is 9.87. The van der Waals surface area contributed by atoms with E-state index in [1.807, 2.05) is 26.8 Å². The number of hydrogen-bond acceptors (Lipinski definition) is 3. The van der Waals surface area contributed by atoms with Crippen molar-refractivity contribution in [3.63, 3.8) is 0 Å². The molecule has 3 heteroatoms. The quantitative estimate of drug-likeness (QED) is 0.850. The molecule has 0 aromatic heterocycles. The normalized spacial score (nSPS) is 23.3. The van der Waals surface area contributed by atoms with Crippen LogP contribution in [0.1, 0.15) is 38.7 Å². The van der Waals surface area contributed by atoms with Crippen LogP contribution in [0.15, 0.2) is 30.3 Å². The third-order valence-electron chi connectivity index (χ3n) is 3.42. The van der Waals surface area contributed by atoms with E-state index < -0.39 is 5.60 Å². The van der Waals surface area contributed by atoms with Crippen molar-refractivity contribution in [2.45, 2.75) is 38.7 Å². The van der Waals surface area contributed by atoms with Gasteiger partial charge in [-0.3, -0.25) is 4.79 Å². The summed E-state index contributed by atoms with van der Waals surface area (Å²) in [6, 6.07) is 10.4. The Morgan fingerprint density at radius 3 is 2.58 bits per heavy atom. The van der Waals surface area contributed by atoms with Crippen LogP contribution in [0, 0.1) is 5.92 Å². The molecule has 0 radical (unpaired) electrons. The highest BCUT2D eigenvalue weighted by Crippen LogP contribution is 2.30. The molecule has 2 rings (SSSR count). The lowest BCUT2D eigenvalue weighted by molar-refractivity contribution is -0.155. The van der Waals surface area contributed by atoms with Gasteiger partial charge in [0.2, 0.25) is 0 Å². The molecule has 104 valence electrons. The van der Waals surface area contributed by atoms with Gasteiger partial charge in [0.05, 0.1) is 6.42 Å². The zero-order valence-corrected chi connectivity index (χ0v) is 12.0. The Hall–Kier alpha value is -1.35. The molecule has 19 heavy (non-hydrogen) atoms. The fourth-order valence-electron chi connectivity index (χ4n) is 2.64. The minimum atomic E-state index is -0.397. The summed E-state index contributed by atoms with van der Waals surface area (Å²) in [5.74, 6) is 0.646. The first kappa shape index (κ1) is 14.1. The van der Waals surface area contributed by atoms with Crippen LogP contribution in [0.2, 0.25) is 0 Å². The van der Waals surface area contributed by atoms with Crippen molar-refractivity contribution in [2.24, 2.45) is 5.92 Å². The maximum atomic E-state index is 11.9. The molecule has 0 spiro atoms. The fourth-order valence-corrected chi connectivity index (χ4v) is 2.64. The molecule has 1 aromatic carbocycles. The average molecular weight is 261 g/mol. The third-order valence-corrected chi connectivity index (χ3v) is 3.42. The van der Waals surface area contributed by atoms with Gasteiger partial charge in [0.1, 0.15) is 5.60 Å². The van der Waals surface area contributed by atoms with Gasteiger partial charge >= 0.3 is 5.97 Å². The van der Waals surface area contributed by atoms with Crippen LogP contribution in [0.3, 0.4) is 0 Å². The van der Waals surface area contributed by atoms with E-state index in [0.717, 1.165) is 13.1 Å². The molecule has 1 aliphatic rings. The van der Waals surface area contributed by atoms with E-state index in [9.17, 15) is 4.79 Å². The molecule has 0 aliphatic carbocycles. The average Bonchev–Trinajstić information content (AvgIpc) is 2.75. The van der Waals surface area contributed by atoms with E-state index in [1.54, 1.807) is 0 Å². The van der Waals surface area contributed by atoms with E-state index in [2.05, 4.69) is 29.6 Å². The van der Waals surface area contributed by atoms with Gasteiger partial charge in [0.25, 0.3) is 0 Å². The molecule has 0 unspecified atom stereocenters. The van der Waals surface area contributed by atoms with Crippen LogP contribution in [0.5, 0.6) is 0 Å². The topological polar surface area (TPSA) is 38.3 Å². The number of carbonyl (C=O) groups excluding carboxylic acids is 1. The second kappa shape index (κ2) is 5.74. The van der Waals surface area contributed by atoms with Gasteiger partial charge < -0.3 is 10.1 Å². The van der Waals surface area contributed by atoms with E-state index in [-0.39, 0.29) is 5.97 Å². The van der Waals surface area contributed by atoms with Crippen LogP contribution in [0.25, 0.3) is 0 Å². The molecule has 1 aromatic rings. The molecule has 1 fully saturated rings. The first-order chi connectivity index (χ1) is 8.96. The number of ether oxygens (including phenoxy) is 1. The molecule has 1 aliphatic heterocycles. The predicted octanol–water partition coefficient (Wildman–Crippen LogP) is 2.72. The Bertz CT molecular complexity index is 422. The van der Waals surface area contributed by atoms with E-state index in [1.165, 1.54) is 5.56 Å². The molecule has 0 bridgehead atoms. The molecule has 0 saturated carbocycles. The predicted molar refractivity (Wildman–Crippen MR) is 76.0 cm³/mol. The lowest BCUT2D eigenvalue weighted by Gasteiger charge is -2.23. The smallest absolute Gasteiger partial charge is 0.306 e. The number of esters is 1. The highest BCUT2D eigenvalue weighted by Gasteiger charge is 2.31. The summed E-state index contributed by atoms with van der Waals surface area (Å²) in [6.45, 7) is 7.56. The number of rotatable bonds is 3. The summed E-state index contributed by atoms with van der Waals surface area (Å²) in [6.07, 6.45) is 0.490. The standard InChI is InChI=1S/C16H23NO2/c1-16(2,3)19-15(18)9-13-10-17-11-14(13)12-7-5-4-6-8-12/h4-8,13-14,17H,9-11H2,1-3H3/t13-,14+/m1/s1. The fraction of sp³-hybridized carbons (Fsp3) is 0.562. The highest BCUT2D eigenvalue weighted by molar-refractivity contribution is 5.70. The summed E-state index contributed by atoms with van der Waals surface area (Å²) < 4.78 is 5.42. The van der Waals surface area contributed by atoms with Crippen LogP contribution in [-0.2, 0) is 9.53 Å². The largest absolute Gasteiger partial charge is 0.460 e. The Labute approximate surface area is 115 Å². The van der Waals surface area contributed by atoms with Crippen molar-refractivity contribution in [1.82, 2.24) is 5.32 Å². The third kappa shape index (κ3) is 4.06. The maximum Gasteiger partial charge on any atom is 0.306 e. The van der Waals surface area contributed by atoms with Gasteiger partial charge in [0, 0.05) is 12.5 Å². The first-order valence-corrected chi connectivity index (χ1v) is 6.93. The SMILES string of the molecule is CC(C)(C)OC(=O)C[C@@H]1CNC[C@H]1c1ccccc1. The monoisotopic (exact) mass is 261 g/mol. The van der Waals surface area contributed by atoms with E-state index in [4.69, 9.17) is 4.74 Å². The van der Waals surface area contributed by atoms with Gasteiger partial charge in [-0.05, 0) is 38.8 Å². The summed E-state index contributed by atoms with van der Waals surface area (Å²) in [5.41, 5.74) is 0.909. The van der Waals surface area contributed by atoms with Crippen molar-refractivity contribution in [3.8, 4) is 0 Å². The Balaban J connectivity index is 1.98. The summed E-state index contributed by atoms with van der Waals surface area (Å²) in [5, 5.41) is 3.38. The zero-order chi connectivity index (χ0) is 13.9. The number of nitrogens with one attached hydrogen (secondary N) is 1. The van der Waals surface area contributed by atoms with Gasteiger partial charge in [0.15, 0.2) is 0 Å². The summed E-state index contributed by atoms with van der Waals surface area (Å²) in [7, 11) is 0. The lowest BCUT2D eigenvalue weighted by Crippen LogP contribution is -2.26. The van der Waals surface area contributed by atoms with Crippen molar-refractivity contribution in [1.29, 1.82) is 0 Å². The van der Waals surface area contributed by atoms with Crippen molar-refractivity contribution >= 4 is 5.97 Å². The number of carbonyl (C=O) groups is 1. The summed E-state index contributed by atoms with van der Waals surface area (Å²) >= 11 is 0. The second-order valence-corrected chi connectivity index (χ2v) is 6.23. The number of hydrogen-bond donors (Lipinski definition) is 1. The van der Waals surface area contributed by atoms with Crippen molar-refractivity contribution in [2.75, 3.05) is 13.1 Å². The zero-order valence-electron chi connectivity index (χ0n) is 12.0. The molecule has 3 nitrogen and oxygen atoms in total. The molecular weight excluding hydrogens is 238 g/mol. The molecule has 2 atom stereocenters. The molecule has 1 N–H and O–H groups in total. The van der Waals surface area contributed by atoms with E-state index >= 15 is 0 Å². The maximum absolute atomic E-state index is 11.9. The molecule has 1 heterocycles. The van der Waals surface area contributed by atoms with Crippen molar-refractivity contribution in [3.05, 3.63) is 35.9 Å². The van der Waals surface area contributed by atoms with E-state index in [0.29, 0.717) is 18.3 Å². The number of benzene rings is 1. The van der Waals surface area contributed by atoms with Crippen molar-refractivity contribution < 1.29 is 9.53 Å². The minimum absolute atomic E-state index is 0.0952. The van der Waals surface area contributed by atoms with Crippen LogP contribution in [-0.4, -0.2) is 24.7 Å². The van der Waals surface area contributed by atoms with Gasteiger partial charge in [-0.1, -0.05) is 30.3 Å². The second-order valence-electron chi connectivity index (χ2n) is 6.23. The summed E-state index contributed by atoms with van der Waals surface area (Å²) in [4.78, 5) is 11.9. The Kier molecular flexibility index (Phi) is 4.25. The highest BCUT2D eigenvalue weighted by atomic mass is 16.6. The minimum Gasteiger partial charge on any atom is -0.460 e. The first-order valence-electron chi connectivity index (χ1n) is 6.93. The molecule has 1 saturated heterocycles. The van der Waals surface area contributed by atoms with Crippen LogP contribution >= 0.6 is 0 Å². The molecular formula is C16H23NO2. The van der Waals surface area contributed by atoms with Crippen LogP contribution in [0.4, 0.5) is 0 Å². The van der Waals surface area contributed by atoms with Gasteiger partial charge in [-0.2, -0.15) is 0 Å². The van der Waals surface area contributed by atoms with Gasteiger partial charge in [-0.25, -0.2) is 0 Å².